The second-order valence-corrected chi connectivity index (χ2v) is 6.29. The van der Waals surface area contributed by atoms with E-state index in [0.29, 0.717) is 0 Å². The number of hydrogen-bond acceptors (Lipinski definition) is 2. The zero-order chi connectivity index (χ0) is 14.4. The molecule has 0 amide bonds. The van der Waals surface area contributed by atoms with Crippen LogP contribution < -0.4 is 0 Å². The molecule has 2 nitrogen and oxygen atoms in total. The van der Waals surface area contributed by atoms with Gasteiger partial charge in [0.05, 0.1) is 6.10 Å². The van der Waals surface area contributed by atoms with Crippen molar-refractivity contribution in [2.75, 3.05) is 13.6 Å². The molecule has 0 radical (unpaired) electrons. The Morgan fingerprint density at radius 3 is 2.45 bits per heavy atom. The van der Waals surface area contributed by atoms with Crippen molar-refractivity contribution in [3.05, 3.63) is 35.4 Å². The molecule has 0 spiro atoms. The average molecular weight is 275 g/mol. The van der Waals surface area contributed by atoms with Crippen LogP contribution in [0.1, 0.15) is 62.2 Å². The molecule has 2 rings (SSSR count). The van der Waals surface area contributed by atoms with Crippen molar-refractivity contribution >= 4 is 0 Å². The van der Waals surface area contributed by atoms with Crippen molar-refractivity contribution < 1.29 is 5.11 Å². The van der Waals surface area contributed by atoms with Gasteiger partial charge in [-0.3, -0.25) is 0 Å². The van der Waals surface area contributed by atoms with Crippen LogP contribution in [0.15, 0.2) is 24.3 Å². The van der Waals surface area contributed by atoms with Crippen molar-refractivity contribution in [1.82, 2.24) is 4.90 Å². The standard InChI is InChI=1S/C18H29NO/c1-15-9-7-8-12-17(15)18(20)13-14-19(2)16-10-5-3-4-6-11-16/h7-9,12,16,18,20H,3-6,10-11,13-14H2,1-2H3. The first-order valence-electron chi connectivity index (χ1n) is 8.12. The van der Waals surface area contributed by atoms with Crippen LogP contribution in [-0.2, 0) is 0 Å². The number of hydrogen-bond donors (Lipinski definition) is 1. The molecular formula is C18H29NO. The summed E-state index contributed by atoms with van der Waals surface area (Å²) in [6, 6.07) is 8.89. The van der Waals surface area contributed by atoms with Crippen LogP contribution >= 0.6 is 0 Å². The summed E-state index contributed by atoms with van der Waals surface area (Å²) in [4.78, 5) is 2.47. The SMILES string of the molecule is Cc1ccccc1C(O)CCN(C)C1CCCCCC1. The Hall–Kier alpha value is -0.860. The fourth-order valence-corrected chi connectivity index (χ4v) is 3.32. The number of nitrogens with zero attached hydrogens (tertiary/aromatic N) is 1. The van der Waals surface area contributed by atoms with Gasteiger partial charge in [0, 0.05) is 12.6 Å². The topological polar surface area (TPSA) is 23.5 Å². The molecule has 0 saturated heterocycles. The third kappa shape index (κ3) is 4.32. The van der Waals surface area contributed by atoms with Gasteiger partial charge in [0.1, 0.15) is 0 Å². The molecule has 112 valence electrons. The van der Waals surface area contributed by atoms with E-state index in [1.54, 1.807) is 0 Å². The third-order valence-corrected chi connectivity index (χ3v) is 4.75. The minimum Gasteiger partial charge on any atom is -0.388 e. The first-order valence-corrected chi connectivity index (χ1v) is 8.12. The maximum Gasteiger partial charge on any atom is 0.0804 e. The fourth-order valence-electron chi connectivity index (χ4n) is 3.32. The Morgan fingerprint density at radius 2 is 1.80 bits per heavy atom. The van der Waals surface area contributed by atoms with Gasteiger partial charge in [-0.15, -0.1) is 0 Å². The maximum absolute atomic E-state index is 10.4. The monoisotopic (exact) mass is 275 g/mol. The summed E-state index contributed by atoms with van der Waals surface area (Å²) < 4.78 is 0. The first-order chi connectivity index (χ1) is 9.68. The van der Waals surface area contributed by atoms with Crippen molar-refractivity contribution in [1.29, 1.82) is 0 Å². The number of benzene rings is 1. The largest absolute Gasteiger partial charge is 0.388 e. The molecule has 1 atom stereocenters. The van der Waals surface area contributed by atoms with E-state index in [9.17, 15) is 5.11 Å². The Labute approximate surface area is 123 Å². The number of rotatable bonds is 5. The molecule has 1 unspecified atom stereocenters. The van der Waals surface area contributed by atoms with Crippen LogP contribution in [0.2, 0.25) is 0 Å². The summed E-state index contributed by atoms with van der Waals surface area (Å²) >= 11 is 0. The highest BCUT2D eigenvalue weighted by Crippen LogP contribution is 2.24. The minimum absolute atomic E-state index is 0.329. The van der Waals surface area contributed by atoms with E-state index in [2.05, 4.69) is 24.9 Å². The lowest BCUT2D eigenvalue weighted by atomic mass is 10.0. The van der Waals surface area contributed by atoms with Gasteiger partial charge in [-0.05, 0) is 44.4 Å². The maximum atomic E-state index is 10.4. The van der Waals surface area contributed by atoms with Gasteiger partial charge in [-0.25, -0.2) is 0 Å². The molecule has 1 saturated carbocycles. The number of aryl methyl sites for hydroxylation is 1. The van der Waals surface area contributed by atoms with Crippen LogP contribution in [-0.4, -0.2) is 29.6 Å². The highest BCUT2D eigenvalue weighted by molar-refractivity contribution is 5.27. The van der Waals surface area contributed by atoms with Gasteiger partial charge in [0.2, 0.25) is 0 Å². The zero-order valence-corrected chi connectivity index (χ0v) is 13.0. The normalized spacial score (nSPS) is 19.0. The van der Waals surface area contributed by atoms with Gasteiger partial charge in [0.25, 0.3) is 0 Å². The average Bonchev–Trinajstić information content (AvgIpc) is 2.74. The van der Waals surface area contributed by atoms with E-state index in [1.165, 1.54) is 44.1 Å². The van der Waals surface area contributed by atoms with Gasteiger partial charge in [-0.2, -0.15) is 0 Å². The summed E-state index contributed by atoms with van der Waals surface area (Å²) in [7, 11) is 2.22. The summed E-state index contributed by atoms with van der Waals surface area (Å²) in [5.74, 6) is 0. The highest BCUT2D eigenvalue weighted by atomic mass is 16.3. The van der Waals surface area contributed by atoms with Crippen LogP contribution in [0.25, 0.3) is 0 Å². The molecule has 0 aromatic heterocycles. The summed E-state index contributed by atoms with van der Waals surface area (Å²) in [5, 5.41) is 10.4. The van der Waals surface area contributed by atoms with Crippen LogP contribution in [0.5, 0.6) is 0 Å². The Balaban J connectivity index is 1.83. The number of aliphatic hydroxyl groups excluding tert-OH is 1. The predicted molar refractivity (Wildman–Crippen MR) is 84.9 cm³/mol. The summed E-state index contributed by atoms with van der Waals surface area (Å²) in [6.07, 6.45) is 8.70. The lowest BCUT2D eigenvalue weighted by Crippen LogP contribution is -2.32. The molecule has 1 N–H and O–H groups in total. The predicted octanol–water partition coefficient (Wildman–Crippen LogP) is 4.07. The van der Waals surface area contributed by atoms with E-state index in [0.717, 1.165) is 24.6 Å². The molecule has 1 aliphatic rings. The Bertz CT molecular complexity index is 396. The van der Waals surface area contributed by atoms with E-state index < -0.39 is 0 Å². The molecular weight excluding hydrogens is 246 g/mol. The lowest BCUT2D eigenvalue weighted by molar-refractivity contribution is 0.131. The zero-order valence-electron chi connectivity index (χ0n) is 13.0. The number of aliphatic hydroxyl groups is 1. The second kappa shape index (κ2) is 7.80. The second-order valence-electron chi connectivity index (χ2n) is 6.29. The fraction of sp³-hybridized carbons (Fsp3) is 0.667. The van der Waals surface area contributed by atoms with Gasteiger partial charge in [0.15, 0.2) is 0 Å². The summed E-state index contributed by atoms with van der Waals surface area (Å²) in [5.41, 5.74) is 2.28. The van der Waals surface area contributed by atoms with E-state index >= 15 is 0 Å². The molecule has 0 bridgehead atoms. The molecule has 1 aliphatic carbocycles. The van der Waals surface area contributed by atoms with Gasteiger partial charge >= 0.3 is 0 Å². The lowest BCUT2D eigenvalue weighted by Gasteiger charge is -2.28. The smallest absolute Gasteiger partial charge is 0.0804 e. The molecule has 2 heteroatoms. The van der Waals surface area contributed by atoms with Crippen LogP contribution in [0, 0.1) is 6.92 Å². The van der Waals surface area contributed by atoms with E-state index in [4.69, 9.17) is 0 Å². The minimum atomic E-state index is -0.329. The first kappa shape index (κ1) is 15.5. The van der Waals surface area contributed by atoms with E-state index in [-0.39, 0.29) is 6.10 Å². The molecule has 1 fully saturated rings. The highest BCUT2D eigenvalue weighted by Gasteiger charge is 2.18. The molecule has 20 heavy (non-hydrogen) atoms. The molecule has 1 aromatic rings. The molecule has 0 aliphatic heterocycles. The third-order valence-electron chi connectivity index (χ3n) is 4.75. The van der Waals surface area contributed by atoms with Gasteiger partial charge in [-0.1, -0.05) is 49.9 Å². The Morgan fingerprint density at radius 1 is 1.15 bits per heavy atom. The van der Waals surface area contributed by atoms with Crippen LogP contribution in [0.4, 0.5) is 0 Å². The van der Waals surface area contributed by atoms with Crippen LogP contribution in [0.3, 0.4) is 0 Å². The molecule has 1 aromatic carbocycles. The summed E-state index contributed by atoms with van der Waals surface area (Å²) in [6.45, 7) is 3.06. The van der Waals surface area contributed by atoms with Crippen molar-refractivity contribution in [3.8, 4) is 0 Å². The molecule has 0 heterocycles. The quantitative estimate of drug-likeness (QED) is 0.819. The van der Waals surface area contributed by atoms with E-state index in [1.807, 2.05) is 18.2 Å². The van der Waals surface area contributed by atoms with Crippen molar-refractivity contribution in [2.45, 2.75) is 64.0 Å². The Kier molecular flexibility index (Phi) is 6.06. The van der Waals surface area contributed by atoms with Gasteiger partial charge < -0.3 is 10.0 Å². The van der Waals surface area contributed by atoms with Crippen molar-refractivity contribution in [2.24, 2.45) is 0 Å². The van der Waals surface area contributed by atoms with Crippen molar-refractivity contribution in [3.63, 3.8) is 0 Å².